The molecule has 1 fully saturated rings. The molecule has 4 nitrogen and oxygen atoms in total. The van der Waals surface area contributed by atoms with Gasteiger partial charge in [0.25, 0.3) is 0 Å². The number of aryl methyl sites for hydroxylation is 1. The van der Waals surface area contributed by atoms with E-state index in [4.69, 9.17) is 0 Å². The lowest BCUT2D eigenvalue weighted by Crippen LogP contribution is -2.27. The van der Waals surface area contributed by atoms with E-state index in [1.165, 1.54) is 0 Å². The predicted molar refractivity (Wildman–Crippen MR) is 64.7 cm³/mol. The zero-order valence-electron chi connectivity index (χ0n) is 8.27. The maximum absolute atomic E-state index is 11.5. The van der Waals surface area contributed by atoms with E-state index in [9.17, 15) is 9.90 Å². The van der Waals surface area contributed by atoms with E-state index < -0.39 is 6.10 Å². The van der Waals surface area contributed by atoms with Crippen molar-refractivity contribution in [2.24, 2.45) is 0 Å². The first-order valence-electron chi connectivity index (χ1n) is 4.68. The summed E-state index contributed by atoms with van der Waals surface area (Å²) in [7, 11) is 0. The Hall–Kier alpha value is -0.690. The number of halogens is 1. The van der Waals surface area contributed by atoms with Gasteiger partial charge in [0, 0.05) is 9.77 Å². The van der Waals surface area contributed by atoms with Crippen LogP contribution in [-0.4, -0.2) is 28.6 Å². The van der Waals surface area contributed by atoms with Crippen LogP contribution in [0.15, 0.2) is 12.3 Å². The average Bonchev–Trinajstić information content (AvgIpc) is 2.45. The van der Waals surface area contributed by atoms with Gasteiger partial charge in [0.2, 0.25) is 5.91 Å². The smallest absolute Gasteiger partial charge is 0.230 e. The SMILES string of the molecule is Cc1cc(I)cnc1N1CC(O)CC1=O. The van der Waals surface area contributed by atoms with Gasteiger partial charge in [-0.25, -0.2) is 4.98 Å². The van der Waals surface area contributed by atoms with E-state index in [0.29, 0.717) is 12.4 Å². The number of pyridine rings is 1. The van der Waals surface area contributed by atoms with Gasteiger partial charge < -0.3 is 5.11 Å². The summed E-state index contributed by atoms with van der Waals surface area (Å²) in [5, 5.41) is 9.39. The fraction of sp³-hybridized carbons (Fsp3) is 0.400. The normalized spacial score (nSPS) is 21.1. The van der Waals surface area contributed by atoms with Gasteiger partial charge in [-0.05, 0) is 41.1 Å². The summed E-state index contributed by atoms with van der Waals surface area (Å²) in [4.78, 5) is 17.3. The number of nitrogens with zero attached hydrogens (tertiary/aromatic N) is 2. The van der Waals surface area contributed by atoms with E-state index in [2.05, 4.69) is 27.6 Å². The van der Waals surface area contributed by atoms with Crippen molar-refractivity contribution in [1.82, 2.24) is 4.98 Å². The minimum Gasteiger partial charge on any atom is -0.391 e. The van der Waals surface area contributed by atoms with E-state index in [1.54, 1.807) is 11.1 Å². The Morgan fingerprint density at radius 3 is 2.93 bits per heavy atom. The van der Waals surface area contributed by atoms with Crippen molar-refractivity contribution in [1.29, 1.82) is 0 Å². The molecule has 0 aromatic carbocycles. The van der Waals surface area contributed by atoms with Gasteiger partial charge in [0.15, 0.2) is 0 Å². The maximum Gasteiger partial charge on any atom is 0.230 e. The Bertz CT molecular complexity index is 408. The molecule has 2 rings (SSSR count). The Morgan fingerprint density at radius 2 is 2.40 bits per heavy atom. The van der Waals surface area contributed by atoms with Crippen LogP contribution in [0.3, 0.4) is 0 Å². The predicted octanol–water partition coefficient (Wildman–Crippen LogP) is 1.09. The first-order chi connectivity index (χ1) is 7.08. The lowest BCUT2D eigenvalue weighted by Gasteiger charge is -2.16. The van der Waals surface area contributed by atoms with Gasteiger partial charge in [0.1, 0.15) is 5.82 Å². The summed E-state index contributed by atoms with van der Waals surface area (Å²) in [5.74, 6) is 0.608. The number of rotatable bonds is 1. The highest BCUT2D eigenvalue weighted by Crippen LogP contribution is 2.23. The molecule has 0 saturated carbocycles. The maximum atomic E-state index is 11.5. The third kappa shape index (κ3) is 2.12. The molecular weight excluding hydrogens is 307 g/mol. The summed E-state index contributed by atoms with van der Waals surface area (Å²) in [6, 6.07) is 1.97. The highest BCUT2D eigenvalue weighted by molar-refractivity contribution is 14.1. The van der Waals surface area contributed by atoms with Gasteiger partial charge in [-0.15, -0.1) is 0 Å². The zero-order valence-corrected chi connectivity index (χ0v) is 10.4. The summed E-state index contributed by atoms with van der Waals surface area (Å²) >= 11 is 2.18. The van der Waals surface area contributed by atoms with Crippen LogP contribution in [0.1, 0.15) is 12.0 Å². The Labute approximate surface area is 101 Å². The molecule has 2 heterocycles. The van der Waals surface area contributed by atoms with Crippen molar-refractivity contribution in [3.63, 3.8) is 0 Å². The van der Waals surface area contributed by atoms with Crippen LogP contribution in [0, 0.1) is 10.5 Å². The molecular formula is C10H11IN2O2. The summed E-state index contributed by atoms with van der Waals surface area (Å²) in [6.07, 6.45) is 1.37. The van der Waals surface area contributed by atoms with Crippen LogP contribution in [0.25, 0.3) is 0 Å². The molecule has 0 bridgehead atoms. The van der Waals surface area contributed by atoms with E-state index in [-0.39, 0.29) is 12.3 Å². The second-order valence-electron chi connectivity index (χ2n) is 3.66. The first-order valence-corrected chi connectivity index (χ1v) is 5.76. The van der Waals surface area contributed by atoms with Gasteiger partial charge in [0.05, 0.1) is 19.1 Å². The fourth-order valence-electron chi connectivity index (χ4n) is 1.71. The Kier molecular flexibility index (Phi) is 2.92. The molecule has 1 unspecified atom stereocenters. The van der Waals surface area contributed by atoms with Crippen LogP contribution in [0.4, 0.5) is 5.82 Å². The number of hydrogen-bond acceptors (Lipinski definition) is 3. The number of aliphatic hydroxyl groups is 1. The fourth-order valence-corrected chi connectivity index (χ4v) is 2.32. The number of aromatic nitrogens is 1. The van der Waals surface area contributed by atoms with E-state index in [1.807, 2.05) is 13.0 Å². The molecule has 0 aliphatic carbocycles. The highest BCUT2D eigenvalue weighted by Gasteiger charge is 2.30. The number of carbonyl (C=O) groups is 1. The van der Waals surface area contributed by atoms with Gasteiger partial charge in [-0.1, -0.05) is 0 Å². The van der Waals surface area contributed by atoms with Gasteiger partial charge in [-0.3, -0.25) is 9.69 Å². The molecule has 0 spiro atoms. The van der Waals surface area contributed by atoms with Crippen molar-refractivity contribution in [2.75, 3.05) is 11.4 Å². The minimum atomic E-state index is -0.557. The molecule has 1 atom stereocenters. The zero-order chi connectivity index (χ0) is 11.0. The lowest BCUT2D eigenvalue weighted by atomic mass is 10.3. The van der Waals surface area contributed by atoms with Crippen LogP contribution in [0.2, 0.25) is 0 Å². The van der Waals surface area contributed by atoms with Gasteiger partial charge in [-0.2, -0.15) is 0 Å². The Balaban J connectivity index is 2.34. The third-order valence-electron chi connectivity index (χ3n) is 2.38. The first kappa shape index (κ1) is 10.8. The molecule has 1 aliphatic rings. The largest absolute Gasteiger partial charge is 0.391 e. The monoisotopic (exact) mass is 318 g/mol. The number of aliphatic hydroxyl groups excluding tert-OH is 1. The number of β-amino-alcohol motifs (C(OH)–C–C–N with tert-alkyl or cyclic N) is 1. The molecule has 80 valence electrons. The molecule has 1 aliphatic heterocycles. The standard InChI is InChI=1S/C10H11IN2O2/c1-6-2-7(11)4-12-10(6)13-5-8(14)3-9(13)15/h2,4,8,14H,3,5H2,1H3. The quantitative estimate of drug-likeness (QED) is 0.789. The van der Waals surface area contributed by atoms with Crippen molar-refractivity contribution >= 4 is 34.3 Å². The van der Waals surface area contributed by atoms with Crippen LogP contribution in [0.5, 0.6) is 0 Å². The molecule has 1 aromatic rings. The average molecular weight is 318 g/mol. The number of carbonyl (C=O) groups excluding carboxylic acids is 1. The summed E-state index contributed by atoms with van der Waals surface area (Å²) in [6.45, 7) is 2.27. The third-order valence-corrected chi connectivity index (χ3v) is 2.97. The molecule has 15 heavy (non-hydrogen) atoms. The summed E-state index contributed by atoms with van der Waals surface area (Å²) < 4.78 is 1.04. The van der Waals surface area contributed by atoms with Crippen LogP contribution < -0.4 is 4.90 Å². The van der Waals surface area contributed by atoms with Crippen LogP contribution in [-0.2, 0) is 4.79 Å². The number of hydrogen-bond donors (Lipinski definition) is 1. The molecule has 1 N–H and O–H groups in total. The molecule has 5 heteroatoms. The van der Waals surface area contributed by atoms with Gasteiger partial charge >= 0.3 is 0 Å². The van der Waals surface area contributed by atoms with Crippen molar-refractivity contribution in [3.05, 3.63) is 21.4 Å². The highest BCUT2D eigenvalue weighted by atomic mass is 127. The van der Waals surface area contributed by atoms with Crippen LogP contribution >= 0.6 is 22.6 Å². The van der Waals surface area contributed by atoms with Crippen molar-refractivity contribution < 1.29 is 9.90 Å². The number of amides is 1. The Morgan fingerprint density at radius 1 is 1.67 bits per heavy atom. The topological polar surface area (TPSA) is 53.4 Å². The minimum absolute atomic E-state index is 0.0562. The van der Waals surface area contributed by atoms with Crippen molar-refractivity contribution in [2.45, 2.75) is 19.4 Å². The molecule has 1 amide bonds. The lowest BCUT2D eigenvalue weighted by molar-refractivity contribution is -0.117. The van der Waals surface area contributed by atoms with Crippen molar-refractivity contribution in [3.8, 4) is 0 Å². The number of anilines is 1. The van der Waals surface area contributed by atoms with E-state index >= 15 is 0 Å². The summed E-state index contributed by atoms with van der Waals surface area (Å²) in [5.41, 5.74) is 0.962. The van der Waals surface area contributed by atoms with E-state index in [0.717, 1.165) is 9.13 Å². The molecule has 1 aromatic heterocycles. The molecule has 0 radical (unpaired) electrons. The molecule has 1 saturated heterocycles. The second-order valence-corrected chi connectivity index (χ2v) is 4.90. The second kappa shape index (κ2) is 4.05.